The van der Waals surface area contributed by atoms with Crippen molar-refractivity contribution in [3.63, 3.8) is 0 Å². The molecule has 8 heteroatoms. The number of benzene rings is 2. The summed E-state index contributed by atoms with van der Waals surface area (Å²) in [6, 6.07) is 9.42. The number of hydrogen-bond acceptors (Lipinski definition) is 5. The van der Waals surface area contributed by atoms with Crippen molar-refractivity contribution >= 4 is 52.7 Å². The van der Waals surface area contributed by atoms with E-state index in [9.17, 15) is 9.90 Å². The molecule has 1 aliphatic heterocycles. The van der Waals surface area contributed by atoms with Crippen LogP contribution >= 0.6 is 34.8 Å². The van der Waals surface area contributed by atoms with Gasteiger partial charge in [-0.2, -0.15) is 5.10 Å². The fourth-order valence-electron chi connectivity index (χ4n) is 2.04. The average Bonchev–Trinajstić information content (AvgIpc) is 2.84. The first-order valence-electron chi connectivity index (χ1n) is 6.92. The minimum atomic E-state index is -0.557. The van der Waals surface area contributed by atoms with E-state index in [1.54, 1.807) is 24.3 Å². The van der Waals surface area contributed by atoms with Gasteiger partial charge < -0.3 is 9.84 Å². The van der Waals surface area contributed by atoms with Gasteiger partial charge in [-0.15, -0.1) is 5.10 Å². The van der Waals surface area contributed by atoms with Crippen molar-refractivity contribution in [3.05, 3.63) is 74.4 Å². The third-order valence-electron chi connectivity index (χ3n) is 3.27. The van der Waals surface area contributed by atoms with E-state index in [0.29, 0.717) is 10.6 Å². The van der Waals surface area contributed by atoms with Gasteiger partial charge in [0, 0.05) is 15.6 Å². The van der Waals surface area contributed by atoms with Gasteiger partial charge in [-0.3, -0.25) is 4.79 Å². The Morgan fingerprint density at radius 1 is 1.04 bits per heavy atom. The molecule has 3 rings (SSSR count). The molecule has 0 aromatic heterocycles. The van der Waals surface area contributed by atoms with Gasteiger partial charge in [0.1, 0.15) is 12.0 Å². The lowest BCUT2D eigenvalue weighted by atomic mass is 10.0. The number of halogens is 3. The monoisotopic (exact) mass is 394 g/mol. The van der Waals surface area contributed by atoms with Crippen molar-refractivity contribution < 1.29 is 14.6 Å². The van der Waals surface area contributed by atoms with Gasteiger partial charge in [0.2, 0.25) is 11.7 Å². The normalized spacial score (nSPS) is 13.6. The first kappa shape index (κ1) is 17.5. The zero-order chi connectivity index (χ0) is 18.0. The summed E-state index contributed by atoms with van der Waals surface area (Å²) in [5, 5.41) is 18.5. The number of nitrogens with zero attached hydrogens (tertiary/aromatic N) is 2. The lowest BCUT2D eigenvalue weighted by Gasteiger charge is -2.07. The smallest absolute Gasteiger partial charge is 0.245 e. The predicted octanol–water partition coefficient (Wildman–Crippen LogP) is 4.88. The summed E-state index contributed by atoms with van der Waals surface area (Å²) in [5.74, 6) is -0.726. The molecule has 25 heavy (non-hydrogen) atoms. The third-order valence-corrected chi connectivity index (χ3v) is 4.03. The first-order chi connectivity index (χ1) is 12.0. The van der Waals surface area contributed by atoms with Crippen LogP contribution in [-0.2, 0) is 4.74 Å². The number of phenols is 1. The van der Waals surface area contributed by atoms with Crippen molar-refractivity contribution in [2.24, 2.45) is 10.2 Å². The van der Waals surface area contributed by atoms with Gasteiger partial charge in [-0.05, 0) is 36.4 Å². The zero-order valence-electron chi connectivity index (χ0n) is 12.4. The Hall–Kier alpha value is -2.34. The van der Waals surface area contributed by atoms with Crippen LogP contribution in [0.5, 0.6) is 5.75 Å². The van der Waals surface area contributed by atoms with Crippen LogP contribution in [-0.4, -0.2) is 23.0 Å². The molecule has 0 aliphatic carbocycles. The number of phenolic OH excluding ortho intramolecular Hbond substituents is 1. The van der Waals surface area contributed by atoms with E-state index in [2.05, 4.69) is 10.2 Å². The van der Waals surface area contributed by atoms with Crippen LogP contribution in [0.15, 0.2) is 58.4 Å². The molecular formula is C17H9Cl3N2O3. The molecule has 0 atom stereocenters. The Bertz CT molecular complexity index is 935. The summed E-state index contributed by atoms with van der Waals surface area (Å²) in [4.78, 5) is 12.6. The van der Waals surface area contributed by atoms with Crippen LogP contribution in [0.4, 0.5) is 0 Å². The standard InChI is InChI=1S/C17H9Cl3N2O3/c18-11-3-1-9(2-4-11)17-22-21-7-10(8-25-17)15(23)13-5-12(19)6-14(20)16(13)24/h1-8,24H. The maximum atomic E-state index is 12.6. The predicted molar refractivity (Wildman–Crippen MR) is 98.1 cm³/mol. The van der Waals surface area contributed by atoms with E-state index >= 15 is 0 Å². The quantitative estimate of drug-likeness (QED) is 0.753. The molecule has 0 saturated heterocycles. The van der Waals surface area contributed by atoms with Crippen LogP contribution in [0.25, 0.3) is 0 Å². The van der Waals surface area contributed by atoms with Gasteiger partial charge in [-0.1, -0.05) is 34.8 Å². The van der Waals surface area contributed by atoms with Crippen LogP contribution in [0, 0.1) is 0 Å². The Kier molecular flexibility index (Phi) is 5.08. The second-order valence-electron chi connectivity index (χ2n) is 4.96. The van der Waals surface area contributed by atoms with E-state index < -0.39 is 5.78 Å². The summed E-state index contributed by atoms with van der Waals surface area (Å²) in [5.41, 5.74) is 0.648. The van der Waals surface area contributed by atoms with Gasteiger partial charge >= 0.3 is 0 Å². The van der Waals surface area contributed by atoms with Crippen LogP contribution in [0.2, 0.25) is 15.1 Å². The Morgan fingerprint density at radius 3 is 2.48 bits per heavy atom. The number of rotatable bonds is 3. The number of hydrogen-bond donors (Lipinski definition) is 1. The van der Waals surface area contributed by atoms with Crippen molar-refractivity contribution in [1.82, 2.24) is 0 Å². The first-order valence-corrected chi connectivity index (χ1v) is 8.05. The molecule has 0 spiro atoms. The highest BCUT2D eigenvalue weighted by molar-refractivity contribution is 6.37. The minimum Gasteiger partial charge on any atom is -0.506 e. The molecule has 1 heterocycles. The van der Waals surface area contributed by atoms with Crippen LogP contribution in [0.3, 0.4) is 0 Å². The van der Waals surface area contributed by atoms with Crippen molar-refractivity contribution in [1.29, 1.82) is 0 Å². The Labute approximate surface area is 157 Å². The second kappa shape index (κ2) is 7.27. The van der Waals surface area contributed by atoms with Crippen molar-refractivity contribution in [3.8, 4) is 5.75 Å². The van der Waals surface area contributed by atoms with E-state index in [1.807, 2.05) is 0 Å². The topological polar surface area (TPSA) is 71.2 Å². The summed E-state index contributed by atoms with van der Waals surface area (Å²) < 4.78 is 5.44. The molecule has 0 saturated carbocycles. The SMILES string of the molecule is O=C(C1=COC(c2ccc(Cl)cc2)=NN=C1)c1cc(Cl)cc(Cl)c1O. The summed E-state index contributed by atoms with van der Waals surface area (Å²) in [6.45, 7) is 0. The van der Waals surface area contributed by atoms with Crippen molar-refractivity contribution in [2.45, 2.75) is 0 Å². The number of allylic oxidation sites excluding steroid dienone is 1. The lowest BCUT2D eigenvalue weighted by molar-refractivity contribution is 0.103. The molecule has 1 aliphatic rings. The van der Waals surface area contributed by atoms with Crippen molar-refractivity contribution in [2.75, 3.05) is 0 Å². The second-order valence-corrected chi connectivity index (χ2v) is 6.24. The molecule has 0 unspecified atom stereocenters. The number of carbonyl (C=O) groups is 1. The highest BCUT2D eigenvalue weighted by atomic mass is 35.5. The third kappa shape index (κ3) is 3.85. The van der Waals surface area contributed by atoms with E-state index in [4.69, 9.17) is 39.5 Å². The molecule has 0 fully saturated rings. The fraction of sp³-hybridized carbons (Fsp3) is 0. The molecule has 2 aromatic carbocycles. The van der Waals surface area contributed by atoms with Gasteiger partial charge in [0.05, 0.1) is 22.4 Å². The van der Waals surface area contributed by atoms with E-state index in [0.717, 1.165) is 0 Å². The summed E-state index contributed by atoms with van der Waals surface area (Å²) in [6.07, 6.45) is 2.42. The molecule has 2 aromatic rings. The molecule has 126 valence electrons. The summed E-state index contributed by atoms with van der Waals surface area (Å²) >= 11 is 17.6. The highest BCUT2D eigenvalue weighted by Crippen LogP contribution is 2.32. The van der Waals surface area contributed by atoms with Gasteiger partial charge in [0.25, 0.3) is 0 Å². The molecule has 0 radical (unpaired) electrons. The largest absolute Gasteiger partial charge is 0.506 e. The molecular weight excluding hydrogens is 387 g/mol. The van der Waals surface area contributed by atoms with E-state index in [-0.39, 0.29) is 32.8 Å². The molecule has 1 N–H and O–H groups in total. The van der Waals surface area contributed by atoms with Gasteiger partial charge in [0.15, 0.2) is 0 Å². The molecule has 0 bridgehead atoms. The summed E-state index contributed by atoms with van der Waals surface area (Å²) in [7, 11) is 0. The fourth-order valence-corrected chi connectivity index (χ4v) is 2.66. The number of ether oxygens (including phenoxy) is 1. The number of carbonyl (C=O) groups excluding carboxylic acids is 1. The Balaban J connectivity index is 1.88. The average molecular weight is 396 g/mol. The molecule has 5 nitrogen and oxygen atoms in total. The van der Waals surface area contributed by atoms with Crippen LogP contribution < -0.4 is 0 Å². The molecule has 0 amide bonds. The minimum absolute atomic E-state index is 0.0268. The maximum absolute atomic E-state index is 12.6. The maximum Gasteiger partial charge on any atom is 0.245 e. The zero-order valence-corrected chi connectivity index (χ0v) is 14.7. The Morgan fingerprint density at radius 2 is 1.76 bits per heavy atom. The number of ketones is 1. The lowest BCUT2D eigenvalue weighted by Crippen LogP contribution is -2.07. The van der Waals surface area contributed by atoms with Gasteiger partial charge in [-0.25, -0.2) is 0 Å². The number of Topliss-reactive ketones (excluding diaryl/α,β-unsaturated/α-hetero) is 1. The number of aromatic hydroxyl groups is 1. The van der Waals surface area contributed by atoms with Crippen LogP contribution in [0.1, 0.15) is 15.9 Å². The van der Waals surface area contributed by atoms with E-state index in [1.165, 1.54) is 24.6 Å². The highest BCUT2D eigenvalue weighted by Gasteiger charge is 2.20.